The number of unbranched alkanes of at least 4 members (excludes halogenated alkanes) is 3. The fourth-order valence-corrected chi connectivity index (χ4v) is 8.93. The number of nitrogens with zero attached hydrogens (tertiary/aromatic N) is 1. The first-order valence-electron chi connectivity index (χ1n) is 20.0. The maximum Gasteiger partial charge on any atom is 0.363 e. The second-order valence-electron chi connectivity index (χ2n) is 14.7. The minimum absolute atomic E-state index is 0.00721. The number of amides is 6. The number of rotatable bonds is 21. The first-order chi connectivity index (χ1) is 28.1. The Balaban J connectivity index is 0.871. The summed E-state index contributed by atoms with van der Waals surface area (Å²) in [6.07, 6.45) is 6.61. The lowest BCUT2D eigenvalue weighted by atomic mass is 9.80. The lowest BCUT2D eigenvalue weighted by Crippen LogP contribution is -2.36. The van der Waals surface area contributed by atoms with Crippen LogP contribution in [0.15, 0.2) is 78.9 Å². The molecule has 0 radical (unpaired) electrons. The van der Waals surface area contributed by atoms with Crippen molar-refractivity contribution in [2.45, 2.75) is 93.6 Å². The van der Waals surface area contributed by atoms with E-state index < -0.39 is 23.4 Å². The van der Waals surface area contributed by atoms with Gasteiger partial charge in [-0.2, -0.15) is 11.8 Å². The van der Waals surface area contributed by atoms with Gasteiger partial charge in [-0.15, -0.1) is 5.06 Å². The van der Waals surface area contributed by atoms with Crippen molar-refractivity contribution in [1.29, 1.82) is 0 Å². The molecule has 3 unspecified atom stereocenters. The zero-order valence-electron chi connectivity index (χ0n) is 32.4. The average Bonchev–Trinajstić information content (AvgIpc) is 3.90. The number of carbonyl (C=O) groups is 6. The van der Waals surface area contributed by atoms with Crippen LogP contribution in [0.4, 0.5) is 4.79 Å². The predicted octanol–water partition coefficient (Wildman–Crippen LogP) is 4.48. The molecular formula is C43H51N5O9S. The lowest BCUT2D eigenvalue weighted by Gasteiger charge is -2.30. The van der Waals surface area contributed by atoms with E-state index in [1.807, 2.05) is 30.0 Å². The van der Waals surface area contributed by atoms with E-state index in [-0.39, 0.29) is 48.3 Å². The molecule has 3 heterocycles. The number of hydroxylamine groups is 2. The van der Waals surface area contributed by atoms with Crippen LogP contribution in [0.5, 0.6) is 5.75 Å². The number of ether oxygens (including phenoxy) is 1. The van der Waals surface area contributed by atoms with Crippen LogP contribution in [0.2, 0.25) is 0 Å². The summed E-state index contributed by atoms with van der Waals surface area (Å²) in [6.45, 7) is 1.38. The van der Waals surface area contributed by atoms with Gasteiger partial charge in [-0.3, -0.25) is 19.2 Å². The zero-order chi connectivity index (χ0) is 40.9. The molecule has 0 aromatic heterocycles. The number of fused-ring (bicyclic) bond motifs is 1. The van der Waals surface area contributed by atoms with Crippen LogP contribution in [0.1, 0.15) is 97.7 Å². The first-order valence-corrected chi connectivity index (χ1v) is 21.1. The van der Waals surface area contributed by atoms with Crippen LogP contribution in [0.25, 0.3) is 0 Å². The molecule has 308 valence electrons. The van der Waals surface area contributed by atoms with Gasteiger partial charge in [0.25, 0.3) is 11.8 Å². The topological polar surface area (TPSA) is 192 Å². The Kier molecular flexibility index (Phi) is 14.8. The normalized spacial score (nSPS) is 19.5. The maximum atomic E-state index is 12.7. The third-order valence-corrected chi connectivity index (χ3v) is 12.1. The van der Waals surface area contributed by atoms with Crippen molar-refractivity contribution >= 4 is 47.4 Å². The lowest BCUT2D eigenvalue weighted by molar-refractivity contribution is -0.172. The maximum absolute atomic E-state index is 12.7. The molecule has 4 atom stereocenters. The Hall–Kier alpha value is -5.41. The van der Waals surface area contributed by atoms with Crippen LogP contribution in [0.3, 0.4) is 0 Å². The van der Waals surface area contributed by atoms with Crippen molar-refractivity contribution in [3.63, 3.8) is 0 Å². The Morgan fingerprint density at radius 3 is 2.14 bits per heavy atom. The third-order valence-electron chi connectivity index (χ3n) is 10.6. The molecule has 6 amide bonds. The van der Waals surface area contributed by atoms with Gasteiger partial charge in [-0.1, -0.05) is 67.4 Å². The van der Waals surface area contributed by atoms with E-state index in [1.54, 1.807) is 48.5 Å². The Bertz CT molecular complexity index is 1910. The van der Waals surface area contributed by atoms with E-state index in [9.17, 15) is 33.9 Å². The summed E-state index contributed by atoms with van der Waals surface area (Å²) in [6, 6.07) is 22.7. The highest BCUT2D eigenvalue weighted by molar-refractivity contribution is 8.00. The van der Waals surface area contributed by atoms with Gasteiger partial charge in [0.15, 0.2) is 0 Å². The van der Waals surface area contributed by atoms with Gasteiger partial charge in [0.2, 0.25) is 11.8 Å². The zero-order valence-corrected chi connectivity index (χ0v) is 33.2. The number of thioether (sulfide) groups is 1. The number of nitrogens with one attached hydrogen (secondary N) is 4. The molecule has 5 N–H and O–H groups in total. The Morgan fingerprint density at radius 1 is 0.759 bits per heavy atom. The molecule has 0 spiro atoms. The van der Waals surface area contributed by atoms with Crippen LogP contribution >= 0.6 is 11.8 Å². The average molecular weight is 814 g/mol. The fourth-order valence-electron chi connectivity index (χ4n) is 7.39. The highest BCUT2D eigenvalue weighted by Gasteiger charge is 2.42. The predicted molar refractivity (Wildman–Crippen MR) is 216 cm³/mol. The smallest absolute Gasteiger partial charge is 0.363 e. The number of hydrogen-bond acceptors (Lipinski definition) is 10. The van der Waals surface area contributed by atoms with Gasteiger partial charge in [0.1, 0.15) is 11.4 Å². The van der Waals surface area contributed by atoms with E-state index in [1.165, 1.54) is 12.1 Å². The summed E-state index contributed by atoms with van der Waals surface area (Å²) >= 11 is 1.89. The van der Waals surface area contributed by atoms with Crippen molar-refractivity contribution < 1.29 is 43.4 Å². The van der Waals surface area contributed by atoms with E-state index >= 15 is 0 Å². The molecule has 58 heavy (non-hydrogen) atoms. The molecular weight excluding hydrogens is 763 g/mol. The summed E-state index contributed by atoms with van der Waals surface area (Å²) in [5, 5.41) is 25.1. The van der Waals surface area contributed by atoms with E-state index in [4.69, 9.17) is 9.57 Å². The van der Waals surface area contributed by atoms with E-state index in [0.717, 1.165) is 44.3 Å². The molecule has 3 aliphatic heterocycles. The molecule has 3 fully saturated rings. The monoisotopic (exact) mass is 813 g/mol. The van der Waals surface area contributed by atoms with Gasteiger partial charge in [0, 0.05) is 49.8 Å². The molecule has 0 aliphatic carbocycles. The van der Waals surface area contributed by atoms with E-state index in [0.29, 0.717) is 71.7 Å². The van der Waals surface area contributed by atoms with Gasteiger partial charge < -0.3 is 35.9 Å². The number of benzene rings is 3. The molecule has 6 rings (SSSR count). The molecule has 0 saturated carbocycles. The van der Waals surface area contributed by atoms with Gasteiger partial charge in [0.05, 0.1) is 24.3 Å². The van der Waals surface area contributed by atoms with Gasteiger partial charge in [-0.25, -0.2) is 9.59 Å². The number of imide groups is 1. The number of hydrogen-bond donors (Lipinski definition) is 5. The second kappa shape index (κ2) is 20.3. The van der Waals surface area contributed by atoms with Crippen molar-refractivity contribution in [1.82, 2.24) is 26.3 Å². The summed E-state index contributed by atoms with van der Waals surface area (Å²) in [7, 11) is 0. The molecule has 14 nitrogen and oxygen atoms in total. The van der Waals surface area contributed by atoms with Crippen LogP contribution < -0.4 is 26.0 Å². The van der Waals surface area contributed by atoms with Crippen LogP contribution in [-0.4, -0.2) is 88.6 Å². The second-order valence-corrected chi connectivity index (χ2v) is 16.0. The summed E-state index contributed by atoms with van der Waals surface area (Å²) in [4.78, 5) is 77.7. The van der Waals surface area contributed by atoms with Crippen molar-refractivity contribution in [2.24, 2.45) is 0 Å². The third kappa shape index (κ3) is 11.0. The summed E-state index contributed by atoms with van der Waals surface area (Å²) in [5.41, 5.74) is 0.0560. The van der Waals surface area contributed by atoms with E-state index in [2.05, 4.69) is 21.3 Å². The summed E-state index contributed by atoms with van der Waals surface area (Å²) in [5.74, 6) is -0.510. The highest BCUT2D eigenvalue weighted by Crippen LogP contribution is 2.38. The number of carbonyl (C=O) groups excluding carboxylic acids is 6. The van der Waals surface area contributed by atoms with Gasteiger partial charge >= 0.3 is 12.0 Å². The molecule has 3 aromatic rings. The number of aliphatic hydroxyl groups is 1. The Labute approximate surface area is 342 Å². The van der Waals surface area contributed by atoms with Gasteiger partial charge in [-0.05, 0) is 73.1 Å². The molecule has 3 saturated heterocycles. The first kappa shape index (κ1) is 42.2. The molecule has 15 heteroatoms. The van der Waals surface area contributed by atoms with Crippen molar-refractivity contribution in [3.8, 4) is 5.75 Å². The fraction of sp³-hybridized carbons (Fsp3) is 0.442. The molecule has 3 aromatic carbocycles. The quantitative estimate of drug-likeness (QED) is 0.0444. The minimum Gasteiger partial charge on any atom is -0.494 e. The molecule has 3 aliphatic rings. The highest BCUT2D eigenvalue weighted by atomic mass is 32.2. The molecule has 0 bridgehead atoms. The van der Waals surface area contributed by atoms with Crippen molar-refractivity contribution in [3.05, 3.63) is 101 Å². The van der Waals surface area contributed by atoms with Crippen LogP contribution in [0, 0.1) is 0 Å². The number of urea groups is 1. The minimum atomic E-state index is -1.63. The summed E-state index contributed by atoms with van der Waals surface area (Å²) < 4.78 is 6.01. The standard InChI is InChI=1S/C43H51N5O9S/c49-36(16-5-2-8-24-44-37(50)17-7-6-15-35-40-34(28-58-35)46-42(54)47-40)45-25-10-26-56-33-14-9-13-32(27-33)43(55,30-11-3-1-4-12-30)31-20-18-29(19-21-31)41(53)57-48-38(51)22-23-39(48)52/h1,3-4,9,11-14,18-21,27,34-35,40,55H,2,5-8,10,15-17,22-26,28H2,(H,44,50)(H,45,49)(H2,46,47,54)/t34?,35-,40?,43?/m1/s1. The largest absolute Gasteiger partial charge is 0.494 e. The van der Waals surface area contributed by atoms with Crippen LogP contribution in [-0.2, 0) is 29.6 Å². The Morgan fingerprint density at radius 2 is 1.41 bits per heavy atom. The van der Waals surface area contributed by atoms with Crippen molar-refractivity contribution in [2.75, 3.05) is 25.4 Å². The SMILES string of the molecule is O=C(CCCC[C@H]1SCC2NC(=O)NC21)NCCCCCC(=O)NCCCOc1cccc(C(O)(c2ccccc2)c2ccc(C(=O)ON3C(=O)CCC3=O)cc2)c1.